The van der Waals surface area contributed by atoms with Crippen LogP contribution in [0.15, 0.2) is 91.7 Å². The van der Waals surface area contributed by atoms with Crippen LogP contribution in [0, 0.1) is 0 Å². The van der Waals surface area contributed by atoms with Crippen LogP contribution in [-0.4, -0.2) is 10.8 Å². The van der Waals surface area contributed by atoms with Crippen molar-refractivity contribution in [1.29, 1.82) is 0 Å². The van der Waals surface area contributed by atoms with Gasteiger partial charge in [0.2, 0.25) is 0 Å². The highest BCUT2D eigenvalue weighted by atomic mass is 127. The summed E-state index contributed by atoms with van der Waals surface area (Å²) in [6.45, 7) is 0. The van der Waals surface area contributed by atoms with E-state index in [0.717, 1.165) is 24.4 Å². The number of azo groups is 1. The average molecular weight is 485 g/mol. The highest BCUT2D eigenvalue weighted by Crippen LogP contribution is 2.41. The minimum absolute atomic E-state index is 0.397. The number of hydrogen-bond donors (Lipinski definition) is 1. The summed E-state index contributed by atoms with van der Waals surface area (Å²) in [6.07, 6.45) is 6.98. The smallest absolute Gasteiger partial charge is 0.200 e. The summed E-state index contributed by atoms with van der Waals surface area (Å²) in [5.74, 6) is 5.98. The zero-order valence-corrected chi connectivity index (χ0v) is 17.3. The van der Waals surface area contributed by atoms with Crippen molar-refractivity contribution in [3.05, 3.63) is 87.0 Å². The van der Waals surface area contributed by atoms with E-state index in [1.54, 1.807) is 11.3 Å². The molecule has 134 valence electrons. The Balaban J connectivity index is 1.79. The van der Waals surface area contributed by atoms with Crippen molar-refractivity contribution in [1.82, 2.24) is 4.98 Å². The van der Waals surface area contributed by atoms with Gasteiger partial charge >= 0.3 is 0 Å². The van der Waals surface area contributed by atoms with Crippen LogP contribution < -0.4 is 5.84 Å². The standard InChI is InChI=1S/C20H16IN5S/c21-15-9-6-12-20(13-15,19-23-16-10-4-5-11-17(16)27-19)26-25-18(24-22)14-7-2-1-3-8-14/h1-11,13H,12,22H2. The van der Waals surface area contributed by atoms with Crippen molar-refractivity contribution >= 4 is 50.0 Å². The maximum atomic E-state index is 5.58. The first-order chi connectivity index (χ1) is 13.2. The summed E-state index contributed by atoms with van der Waals surface area (Å²) in [4.78, 5) is 4.83. The van der Waals surface area contributed by atoms with Gasteiger partial charge in [0.15, 0.2) is 11.4 Å². The van der Waals surface area contributed by atoms with Crippen molar-refractivity contribution < 1.29 is 0 Å². The number of halogens is 1. The highest BCUT2D eigenvalue weighted by Gasteiger charge is 2.35. The fourth-order valence-corrected chi connectivity index (χ4v) is 4.73. The minimum atomic E-state index is -0.653. The minimum Gasteiger partial charge on any atom is -0.321 e. The molecule has 2 N–H and O–H groups in total. The van der Waals surface area contributed by atoms with Crippen LogP contribution in [-0.2, 0) is 5.54 Å². The predicted octanol–water partition coefficient (Wildman–Crippen LogP) is 5.54. The van der Waals surface area contributed by atoms with Crippen molar-refractivity contribution in [2.75, 3.05) is 0 Å². The summed E-state index contributed by atoms with van der Waals surface area (Å²) in [6, 6.07) is 17.7. The third kappa shape index (κ3) is 3.70. The lowest BCUT2D eigenvalue weighted by atomic mass is 9.93. The number of para-hydroxylation sites is 1. The van der Waals surface area contributed by atoms with Gasteiger partial charge in [0, 0.05) is 15.6 Å². The molecule has 1 atom stereocenters. The topological polar surface area (TPSA) is 76.0 Å². The molecule has 0 saturated heterocycles. The van der Waals surface area contributed by atoms with Gasteiger partial charge in [0.1, 0.15) is 5.01 Å². The Kier molecular flexibility index (Phi) is 5.13. The van der Waals surface area contributed by atoms with Gasteiger partial charge in [-0.25, -0.2) is 4.98 Å². The van der Waals surface area contributed by atoms with Crippen molar-refractivity contribution in [3.63, 3.8) is 0 Å². The number of nitrogens with two attached hydrogens (primary N) is 1. The van der Waals surface area contributed by atoms with Gasteiger partial charge in [-0.1, -0.05) is 54.6 Å². The summed E-state index contributed by atoms with van der Waals surface area (Å²) in [5, 5.41) is 13.9. The number of benzene rings is 2. The molecule has 1 heterocycles. The molecule has 0 aliphatic heterocycles. The van der Waals surface area contributed by atoms with Crippen molar-refractivity contribution in [2.45, 2.75) is 12.0 Å². The second-order valence-corrected chi connectivity index (χ2v) is 8.34. The number of fused-ring (bicyclic) bond motifs is 1. The molecule has 5 nitrogen and oxygen atoms in total. The molecule has 4 rings (SSSR count). The molecule has 1 aromatic heterocycles. The first-order valence-corrected chi connectivity index (χ1v) is 10.3. The van der Waals surface area contributed by atoms with E-state index < -0.39 is 5.54 Å². The molecule has 0 bridgehead atoms. The van der Waals surface area contributed by atoms with E-state index in [1.807, 2.05) is 48.5 Å². The molecule has 27 heavy (non-hydrogen) atoms. The third-order valence-corrected chi connectivity index (χ3v) is 6.10. The third-order valence-electron chi connectivity index (χ3n) is 4.22. The Bertz CT molecular complexity index is 1050. The van der Waals surface area contributed by atoms with Crippen LogP contribution in [0.4, 0.5) is 0 Å². The fraction of sp³-hybridized carbons (Fsp3) is 0.100. The van der Waals surface area contributed by atoms with E-state index in [0.29, 0.717) is 12.3 Å². The van der Waals surface area contributed by atoms with Gasteiger partial charge in [-0.15, -0.1) is 16.5 Å². The molecule has 0 spiro atoms. The van der Waals surface area contributed by atoms with Crippen molar-refractivity contribution in [2.24, 2.45) is 21.2 Å². The molecule has 0 amide bonds. The number of nitrogens with zero attached hydrogens (tertiary/aromatic N) is 4. The van der Waals surface area contributed by atoms with Gasteiger partial charge in [-0.05, 0) is 40.8 Å². The number of hydrazone groups is 1. The summed E-state index contributed by atoms with van der Waals surface area (Å²) >= 11 is 3.94. The number of amidine groups is 1. The largest absolute Gasteiger partial charge is 0.321 e. The maximum Gasteiger partial charge on any atom is 0.200 e. The lowest BCUT2D eigenvalue weighted by molar-refractivity contribution is 0.538. The van der Waals surface area contributed by atoms with Crippen LogP contribution in [0.1, 0.15) is 17.0 Å². The van der Waals surface area contributed by atoms with Crippen LogP contribution in [0.25, 0.3) is 10.2 Å². The lowest BCUT2D eigenvalue weighted by Gasteiger charge is -2.24. The highest BCUT2D eigenvalue weighted by molar-refractivity contribution is 14.1. The molecule has 7 heteroatoms. The maximum absolute atomic E-state index is 5.58. The fourth-order valence-electron chi connectivity index (χ4n) is 2.89. The van der Waals surface area contributed by atoms with E-state index in [2.05, 4.69) is 57.1 Å². The van der Waals surface area contributed by atoms with E-state index >= 15 is 0 Å². The quantitative estimate of drug-likeness (QED) is 0.132. The second kappa shape index (κ2) is 7.69. The number of hydrogen-bond acceptors (Lipinski definition) is 5. The SMILES string of the molecule is NN=C(N=NC1(c2nc3ccccc3s2)C=C(I)C=CC1)c1ccccc1. The Labute approximate surface area is 174 Å². The summed E-state index contributed by atoms with van der Waals surface area (Å²) in [7, 11) is 0. The number of rotatable bonds is 3. The van der Waals surface area contributed by atoms with Crippen molar-refractivity contribution in [3.8, 4) is 0 Å². The Hall–Kier alpha value is -2.39. The zero-order chi connectivity index (χ0) is 18.7. The summed E-state index contributed by atoms with van der Waals surface area (Å²) < 4.78 is 2.24. The zero-order valence-electron chi connectivity index (χ0n) is 14.3. The monoisotopic (exact) mass is 485 g/mol. The van der Waals surface area contributed by atoms with Crippen LogP contribution in [0.2, 0.25) is 0 Å². The van der Waals surface area contributed by atoms with E-state index in [4.69, 9.17) is 15.9 Å². The van der Waals surface area contributed by atoms with Gasteiger partial charge in [-0.2, -0.15) is 10.2 Å². The average Bonchev–Trinajstić information content (AvgIpc) is 3.14. The number of thiazole rings is 1. The molecular weight excluding hydrogens is 469 g/mol. The lowest BCUT2D eigenvalue weighted by Crippen LogP contribution is -2.22. The molecule has 1 aliphatic rings. The Morgan fingerprint density at radius 3 is 2.63 bits per heavy atom. The first kappa shape index (κ1) is 18.0. The van der Waals surface area contributed by atoms with Gasteiger partial charge < -0.3 is 5.84 Å². The van der Waals surface area contributed by atoms with E-state index in [9.17, 15) is 0 Å². The van der Waals surface area contributed by atoms with E-state index in [1.165, 1.54) is 0 Å². The molecule has 0 radical (unpaired) electrons. The molecular formula is C20H16IN5S. The molecule has 1 unspecified atom stereocenters. The Morgan fingerprint density at radius 1 is 1.11 bits per heavy atom. The van der Waals surface area contributed by atoms with Gasteiger partial charge in [0.05, 0.1) is 10.2 Å². The molecule has 1 aliphatic carbocycles. The molecule has 0 fully saturated rings. The number of aromatic nitrogens is 1. The number of allylic oxidation sites excluding steroid dienone is 2. The molecule has 3 aromatic rings. The molecule has 2 aromatic carbocycles. The van der Waals surface area contributed by atoms with Crippen LogP contribution >= 0.6 is 33.9 Å². The van der Waals surface area contributed by atoms with E-state index in [-0.39, 0.29) is 0 Å². The van der Waals surface area contributed by atoms with Gasteiger partial charge in [-0.3, -0.25) is 0 Å². The first-order valence-electron chi connectivity index (χ1n) is 8.37. The van der Waals surface area contributed by atoms with Gasteiger partial charge in [0.25, 0.3) is 0 Å². The predicted molar refractivity (Wildman–Crippen MR) is 119 cm³/mol. The summed E-state index contributed by atoms with van der Waals surface area (Å²) in [5.41, 5.74) is 1.15. The normalized spacial score (nSPS) is 20.3. The molecule has 0 saturated carbocycles. The van der Waals surface area contributed by atoms with Crippen LogP contribution in [0.3, 0.4) is 0 Å². The van der Waals surface area contributed by atoms with Crippen LogP contribution in [0.5, 0.6) is 0 Å². The Morgan fingerprint density at radius 2 is 1.89 bits per heavy atom. The second-order valence-electron chi connectivity index (χ2n) is 6.07.